The quantitative estimate of drug-likeness (QED) is 0.296. The van der Waals surface area contributed by atoms with Crippen molar-refractivity contribution in [3.63, 3.8) is 0 Å². The standard InChI is InChI=1S/C28H36N4O5/c1-6-7-8-18(16-24(33)37-5)28(35)32-25(17(2)3)26-30-22-14-9-19(15-23(22)31-26)27(34)29-20-10-12-21(36-4)13-11-20/h9-15,17-18,25H,6-8,16H2,1-5H3,(H,29,34)(H,30,31)(H,32,35)/t18-,25+/m1/s1. The number of anilines is 1. The van der Waals surface area contributed by atoms with Crippen LogP contribution in [0.5, 0.6) is 5.75 Å². The smallest absolute Gasteiger partial charge is 0.306 e. The molecule has 0 saturated heterocycles. The number of hydrogen-bond acceptors (Lipinski definition) is 6. The van der Waals surface area contributed by atoms with Crippen molar-refractivity contribution in [2.24, 2.45) is 11.8 Å². The van der Waals surface area contributed by atoms with Crippen molar-refractivity contribution in [1.29, 1.82) is 0 Å². The van der Waals surface area contributed by atoms with Crippen LogP contribution in [0.4, 0.5) is 5.69 Å². The molecule has 0 radical (unpaired) electrons. The van der Waals surface area contributed by atoms with Gasteiger partial charge in [0.25, 0.3) is 5.91 Å². The zero-order chi connectivity index (χ0) is 26.9. The van der Waals surface area contributed by atoms with Crippen LogP contribution in [0.3, 0.4) is 0 Å². The predicted molar refractivity (Wildman–Crippen MR) is 142 cm³/mol. The summed E-state index contributed by atoms with van der Waals surface area (Å²) in [4.78, 5) is 45.8. The molecule has 0 bridgehead atoms. The molecule has 0 fully saturated rings. The molecule has 0 spiro atoms. The van der Waals surface area contributed by atoms with Gasteiger partial charge in [0.05, 0.1) is 37.7 Å². The number of H-pyrrole nitrogens is 1. The average Bonchev–Trinajstić information content (AvgIpc) is 3.32. The first-order chi connectivity index (χ1) is 17.7. The highest BCUT2D eigenvalue weighted by Gasteiger charge is 2.28. The van der Waals surface area contributed by atoms with Gasteiger partial charge in [0.2, 0.25) is 5.91 Å². The van der Waals surface area contributed by atoms with E-state index < -0.39 is 17.9 Å². The fraction of sp³-hybridized carbons (Fsp3) is 0.429. The third kappa shape index (κ3) is 7.31. The van der Waals surface area contributed by atoms with Crippen molar-refractivity contribution in [3.8, 4) is 5.75 Å². The number of methoxy groups -OCH3 is 2. The maximum atomic E-state index is 13.1. The number of hydrogen-bond donors (Lipinski definition) is 3. The van der Waals surface area contributed by atoms with Crippen LogP contribution < -0.4 is 15.4 Å². The Hall–Kier alpha value is -3.88. The van der Waals surface area contributed by atoms with Crippen molar-refractivity contribution in [2.45, 2.75) is 52.5 Å². The number of ether oxygens (including phenoxy) is 2. The summed E-state index contributed by atoms with van der Waals surface area (Å²) in [6.07, 6.45) is 2.42. The summed E-state index contributed by atoms with van der Waals surface area (Å²) in [7, 11) is 2.91. The Labute approximate surface area is 217 Å². The van der Waals surface area contributed by atoms with Crippen molar-refractivity contribution in [2.75, 3.05) is 19.5 Å². The van der Waals surface area contributed by atoms with Crippen LogP contribution in [0.25, 0.3) is 11.0 Å². The van der Waals surface area contributed by atoms with Gasteiger partial charge in [-0.15, -0.1) is 0 Å². The molecule has 1 heterocycles. The van der Waals surface area contributed by atoms with E-state index >= 15 is 0 Å². The number of rotatable bonds is 12. The topological polar surface area (TPSA) is 122 Å². The molecule has 1 aromatic heterocycles. The van der Waals surface area contributed by atoms with E-state index in [9.17, 15) is 14.4 Å². The zero-order valence-corrected chi connectivity index (χ0v) is 22.1. The summed E-state index contributed by atoms with van der Waals surface area (Å²) in [5, 5.41) is 5.96. The van der Waals surface area contributed by atoms with Gasteiger partial charge in [-0.05, 0) is 54.8 Å². The minimum Gasteiger partial charge on any atom is -0.497 e. The van der Waals surface area contributed by atoms with E-state index in [4.69, 9.17) is 9.47 Å². The molecule has 3 N–H and O–H groups in total. The van der Waals surface area contributed by atoms with E-state index in [1.165, 1.54) is 7.11 Å². The second-order valence-electron chi connectivity index (χ2n) is 9.39. The fourth-order valence-electron chi connectivity index (χ4n) is 4.08. The number of nitrogens with one attached hydrogen (secondary N) is 3. The molecule has 3 aromatic rings. The van der Waals surface area contributed by atoms with E-state index in [0.29, 0.717) is 40.3 Å². The summed E-state index contributed by atoms with van der Waals surface area (Å²) in [6, 6.07) is 11.9. The summed E-state index contributed by atoms with van der Waals surface area (Å²) in [5.41, 5.74) is 2.51. The van der Waals surface area contributed by atoms with Gasteiger partial charge in [-0.25, -0.2) is 4.98 Å². The number of imidazole rings is 1. The number of benzene rings is 2. The first-order valence-corrected chi connectivity index (χ1v) is 12.6. The molecule has 198 valence electrons. The van der Waals surface area contributed by atoms with Gasteiger partial charge in [-0.1, -0.05) is 33.6 Å². The molecule has 9 heteroatoms. The Bertz CT molecular complexity index is 1220. The van der Waals surface area contributed by atoms with Crippen molar-refractivity contribution < 1.29 is 23.9 Å². The number of amides is 2. The molecule has 0 unspecified atom stereocenters. The van der Waals surface area contributed by atoms with Crippen LogP contribution in [0.2, 0.25) is 0 Å². The number of carbonyl (C=O) groups excluding carboxylic acids is 3. The molecule has 0 aliphatic carbocycles. The number of aromatic amines is 1. The minimum atomic E-state index is -0.466. The predicted octanol–water partition coefficient (Wildman–Crippen LogP) is 5.01. The Balaban J connectivity index is 1.78. The summed E-state index contributed by atoms with van der Waals surface area (Å²) < 4.78 is 9.94. The van der Waals surface area contributed by atoms with Gasteiger partial charge in [0.15, 0.2) is 0 Å². The van der Waals surface area contributed by atoms with Gasteiger partial charge >= 0.3 is 5.97 Å². The average molecular weight is 509 g/mol. The molecule has 3 rings (SSSR count). The van der Waals surface area contributed by atoms with E-state index in [2.05, 4.69) is 20.6 Å². The van der Waals surface area contributed by atoms with Crippen LogP contribution in [-0.2, 0) is 14.3 Å². The molecule has 2 aromatic carbocycles. The van der Waals surface area contributed by atoms with Gasteiger partial charge in [-0.3, -0.25) is 14.4 Å². The summed E-state index contributed by atoms with van der Waals surface area (Å²) >= 11 is 0. The largest absolute Gasteiger partial charge is 0.497 e. The lowest BCUT2D eigenvalue weighted by atomic mass is 9.95. The van der Waals surface area contributed by atoms with Gasteiger partial charge in [0, 0.05) is 17.2 Å². The molecule has 0 aliphatic rings. The molecule has 2 atom stereocenters. The number of esters is 1. The number of aromatic nitrogens is 2. The molecule has 0 aliphatic heterocycles. The third-order valence-electron chi connectivity index (χ3n) is 6.29. The van der Waals surface area contributed by atoms with Crippen LogP contribution in [0.1, 0.15) is 68.7 Å². The lowest BCUT2D eigenvalue weighted by Gasteiger charge is -2.23. The second kappa shape index (κ2) is 12.9. The van der Waals surface area contributed by atoms with E-state index in [1.807, 2.05) is 20.8 Å². The Morgan fingerprint density at radius 3 is 2.41 bits per heavy atom. The van der Waals surface area contributed by atoms with E-state index in [0.717, 1.165) is 12.8 Å². The zero-order valence-electron chi connectivity index (χ0n) is 22.1. The maximum absolute atomic E-state index is 13.1. The third-order valence-corrected chi connectivity index (χ3v) is 6.29. The Morgan fingerprint density at radius 1 is 1.05 bits per heavy atom. The molecule has 9 nitrogen and oxygen atoms in total. The monoisotopic (exact) mass is 508 g/mol. The van der Waals surface area contributed by atoms with Gasteiger partial charge in [-0.2, -0.15) is 0 Å². The number of fused-ring (bicyclic) bond motifs is 1. The highest BCUT2D eigenvalue weighted by Crippen LogP contribution is 2.25. The maximum Gasteiger partial charge on any atom is 0.306 e. The van der Waals surface area contributed by atoms with Crippen LogP contribution in [0.15, 0.2) is 42.5 Å². The Kier molecular flexibility index (Phi) is 9.65. The summed E-state index contributed by atoms with van der Waals surface area (Å²) in [6.45, 7) is 6.03. The highest BCUT2D eigenvalue weighted by atomic mass is 16.5. The molecule has 0 saturated carbocycles. The van der Waals surface area contributed by atoms with Crippen molar-refractivity contribution in [3.05, 3.63) is 53.9 Å². The first-order valence-electron chi connectivity index (χ1n) is 12.6. The van der Waals surface area contributed by atoms with Crippen molar-refractivity contribution >= 4 is 34.5 Å². The van der Waals surface area contributed by atoms with Crippen LogP contribution in [0, 0.1) is 11.8 Å². The minimum absolute atomic E-state index is 0.0345. The normalized spacial score (nSPS) is 12.7. The van der Waals surface area contributed by atoms with E-state index in [1.54, 1.807) is 49.6 Å². The summed E-state index contributed by atoms with van der Waals surface area (Å²) in [5.74, 6) is 0.0211. The molecular weight excluding hydrogens is 472 g/mol. The van der Waals surface area contributed by atoms with Crippen LogP contribution in [-0.4, -0.2) is 42.0 Å². The van der Waals surface area contributed by atoms with Crippen LogP contribution >= 0.6 is 0 Å². The SMILES string of the molecule is CCCC[C@H](CC(=O)OC)C(=O)N[C@H](c1nc2ccc(C(=O)Nc3ccc(OC)cc3)cc2[nH]1)C(C)C. The second-order valence-corrected chi connectivity index (χ2v) is 9.39. The molecule has 2 amide bonds. The molecule has 37 heavy (non-hydrogen) atoms. The first kappa shape index (κ1) is 27.7. The highest BCUT2D eigenvalue weighted by molar-refractivity contribution is 6.06. The fourth-order valence-corrected chi connectivity index (χ4v) is 4.08. The van der Waals surface area contributed by atoms with Gasteiger partial charge in [0.1, 0.15) is 11.6 Å². The van der Waals surface area contributed by atoms with E-state index in [-0.39, 0.29) is 24.2 Å². The number of carbonyl (C=O) groups is 3. The lowest BCUT2D eigenvalue weighted by molar-refractivity contribution is -0.144. The van der Waals surface area contributed by atoms with Crippen molar-refractivity contribution in [1.82, 2.24) is 15.3 Å². The number of unbranched alkanes of at least 4 members (excludes halogenated alkanes) is 1. The van der Waals surface area contributed by atoms with Gasteiger partial charge < -0.3 is 25.1 Å². The lowest BCUT2D eigenvalue weighted by Crippen LogP contribution is -2.37. The number of nitrogens with zero attached hydrogens (tertiary/aromatic N) is 1. The Morgan fingerprint density at radius 2 is 1.78 bits per heavy atom. The molecular formula is C28H36N4O5.